The first-order chi connectivity index (χ1) is 21.0. The zero-order valence-electron chi connectivity index (χ0n) is 26.1. The number of rotatable bonds is 6. The van der Waals surface area contributed by atoms with E-state index in [0.717, 1.165) is 85.4 Å². The summed E-state index contributed by atoms with van der Waals surface area (Å²) in [6, 6.07) is 1.96. The minimum atomic E-state index is -0.194. The van der Waals surface area contributed by atoms with Gasteiger partial charge in [-0.3, -0.25) is 24.3 Å². The molecule has 3 aromatic rings. The highest BCUT2D eigenvalue weighted by atomic mass is 35.5. The minimum Gasteiger partial charge on any atom is -0.349 e. The predicted molar refractivity (Wildman–Crippen MR) is 175 cm³/mol. The molecule has 44 heavy (non-hydrogen) atoms. The van der Waals surface area contributed by atoms with Crippen LogP contribution in [0.3, 0.4) is 0 Å². The van der Waals surface area contributed by atoms with Gasteiger partial charge in [0.05, 0.1) is 34.3 Å². The van der Waals surface area contributed by atoms with Gasteiger partial charge in [0, 0.05) is 74.1 Å². The van der Waals surface area contributed by atoms with Crippen LogP contribution in [0.4, 0.5) is 5.82 Å². The molecule has 3 aliphatic heterocycles. The first-order valence-electron chi connectivity index (χ1n) is 15.5. The molecule has 0 aliphatic carbocycles. The number of halogens is 2. The summed E-state index contributed by atoms with van der Waals surface area (Å²) >= 11 is 13.7. The lowest BCUT2D eigenvalue weighted by Gasteiger charge is -2.47. The number of piperazine rings is 1. The van der Waals surface area contributed by atoms with E-state index in [4.69, 9.17) is 28.3 Å². The first-order valence-corrected chi connectivity index (χ1v) is 16.3. The second kappa shape index (κ2) is 12.0. The fourth-order valence-corrected chi connectivity index (χ4v) is 7.94. The Labute approximate surface area is 268 Å². The number of aromatic amines is 1. The summed E-state index contributed by atoms with van der Waals surface area (Å²) in [4.78, 5) is 33.1. The number of aromatic nitrogens is 4. The maximum atomic E-state index is 12.4. The van der Waals surface area contributed by atoms with Crippen LogP contribution in [0.15, 0.2) is 24.9 Å². The van der Waals surface area contributed by atoms with Crippen molar-refractivity contribution in [3.8, 4) is 11.1 Å². The number of amides is 2. The largest absolute Gasteiger partial charge is 0.349 e. The molecule has 10 nitrogen and oxygen atoms in total. The van der Waals surface area contributed by atoms with Gasteiger partial charge >= 0.3 is 0 Å². The van der Waals surface area contributed by atoms with E-state index in [1.165, 1.54) is 6.08 Å². The zero-order chi connectivity index (χ0) is 31.3. The molecule has 1 aromatic carbocycles. The second-order valence-corrected chi connectivity index (χ2v) is 14.0. The van der Waals surface area contributed by atoms with E-state index < -0.39 is 0 Å². The zero-order valence-corrected chi connectivity index (χ0v) is 27.6. The van der Waals surface area contributed by atoms with Crippen LogP contribution in [0.5, 0.6) is 0 Å². The molecule has 6 rings (SSSR count). The van der Waals surface area contributed by atoms with E-state index in [2.05, 4.69) is 52.0 Å². The van der Waals surface area contributed by atoms with Crippen molar-refractivity contribution in [2.24, 2.45) is 5.92 Å². The highest BCUT2D eigenvalue weighted by Gasteiger charge is 2.40. The monoisotopic (exact) mass is 640 g/mol. The van der Waals surface area contributed by atoms with Crippen LogP contribution < -0.4 is 4.90 Å². The van der Waals surface area contributed by atoms with Crippen molar-refractivity contribution in [2.75, 3.05) is 57.8 Å². The van der Waals surface area contributed by atoms with E-state index >= 15 is 0 Å². The summed E-state index contributed by atoms with van der Waals surface area (Å²) in [5.74, 6) is 1.55. The fourth-order valence-electron chi connectivity index (χ4n) is 7.49. The van der Waals surface area contributed by atoms with Gasteiger partial charge in [0.2, 0.25) is 11.8 Å². The SMILES string of the molecule is C=CC(=O)N1CCC(n2nc(N3CCC(CN4CCN(C)C(=O)C4)CC3(C)C)c(-c3c(Cl)c(Cl)cc4[nH]ncc34)c2C)CC1. The Morgan fingerprint density at radius 2 is 1.89 bits per heavy atom. The normalized spacial score (nSPS) is 21.8. The molecule has 2 aromatic heterocycles. The summed E-state index contributed by atoms with van der Waals surface area (Å²) in [5.41, 5.74) is 3.47. The molecule has 2 amide bonds. The van der Waals surface area contributed by atoms with Crippen molar-refractivity contribution >= 4 is 51.7 Å². The number of hydrogen-bond acceptors (Lipinski definition) is 6. The van der Waals surface area contributed by atoms with Gasteiger partial charge in [-0.2, -0.15) is 10.2 Å². The lowest BCUT2D eigenvalue weighted by Crippen LogP contribution is -2.54. The minimum absolute atomic E-state index is 0.0272. The van der Waals surface area contributed by atoms with Crippen molar-refractivity contribution in [1.82, 2.24) is 34.7 Å². The predicted octanol–water partition coefficient (Wildman–Crippen LogP) is 5.16. The van der Waals surface area contributed by atoms with Crippen LogP contribution in [-0.2, 0) is 9.59 Å². The first kappa shape index (κ1) is 30.9. The van der Waals surface area contributed by atoms with Crippen molar-refractivity contribution in [3.05, 3.63) is 40.7 Å². The molecule has 3 fully saturated rings. The number of nitrogens with zero attached hydrogens (tertiary/aromatic N) is 7. The molecule has 1 N–H and O–H groups in total. The molecule has 5 heterocycles. The molecule has 1 atom stereocenters. The van der Waals surface area contributed by atoms with Gasteiger partial charge in [0.1, 0.15) is 0 Å². The number of carbonyl (C=O) groups excluding carboxylic acids is 2. The highest BCUT2D eigenvalue weighted by Crippen LogP contribution is 2.48. The highest BCUT2D eigenvalue weighted by molar-refractivity contribution is 6.45. The topological polar surface area (TPSA) is 93.6 Å². The van der Waals surface area contributed by atoms with E-state index in [-0.39, 0.29) is 23.4 Å². The van der Waals surface area contributed by atoms with Crippen molar-refractivity contribution in [3.63, 3.8) is 0 Å². The maximum absolute atomic E-state index is 12.4. The van der Waals surface area contributed by atoms with Gasteiger partial charge in [0.15, 0.2) is 5.82 Å². The Morgan fingerprint density at radius 3 is 2.57 bits per heavy atom. The maximum Gasteiger partial charge on any atom is 0.245 e. The number of anilines is 1. The van der Waals surface area contributed by atoms with Gasteiger partial charge < -0.3 is 14.7 Å². The molecule has 12 heteroatoms. The fraction of sp³-hybridized carbons (Fsp3) is 0.562. The molecular formula is C32H42Cl2N8O2. The van der Waals surface area contributed by atoms with Crippen LogP contribution in [0.2, 0.25) is 10.0 Å². The van der Waals surface area contributed by atoms with E-state index in [0.29, 0.717) is 35.6 Å². The summed E-state index contributed by atoms with van der Waals surface area (Å²) < 4.78 is 2.15. The lowest BCUT2D eigenvalue weighted by atomic mass is 9.81. The standard InChI is InChI=1S/C32H42Cl2N8O2/c1-6-26(43)40-10-8-22(9-11-40)42-20(2)28(29-23-17-35-36-25(23)15-24(33)30(29)34)31(37-42)41-12-7-21(16-32(41,3)4)18-39-14-13-38(5)27(44)19-39/h6,15,17,21-22H,1,7-14,16,18-19H2,2-5H3,(H,35,36). The van der Waals surface area contributed by atoms with Gasteiger partial charge in [-0.1, -0.05) is 29.8 Å². The molecule has 3 saturated heterocycles. The third-order valence-corrected chi connectivity index (χ3v) is 10.7. The van der Waals surface area contributed by atoms with Gasteiger partial charge in [-0.15, -0.1) is 0 Å². The number of likely N-dealkylation sites (N-methyl/N-ethyl adjacent to an activating group) is 1. The molecular weight excluding hydrogens is 599 g/mol. The number of fused-ring (bicyclic) bond motifs is 1. The Balaban J connectivity index is 1.36. The summed E-state index contributed by atoms with van der Waals surface area (Å²) in [5, 5.41) is 14.6. The summed E-state index contributed by atoms with van der Waals surface area (Å²) in [7, 11) is 1.88. The number of likely N-dealkylation sites (tertiary alicyclic amines) is 1. The number of H-pyrrole nitrogens is 1. The Hall–Kier alpha value is -3.08. The Morgan fingerprint density at radius 1 is 1.14 bits per heavy atom. The molecule has 1 unspecified atom stereocenters. The third-order valence-electron chi connectivity index (χ3n) is 9.90. The number of carbonyl (C=O) groups is 2. The molecule has 3 aliphatic rings. The molecule has 0 spiro atoms. The molecule has 236 valence electrons. The van der Waals surface area contributed by atoms with E-state index in [1.807, 2.05) is 29.1 Å². The average Bonchev–Trinajstić information content (AvgIpc) is 3.59. The number of hydrogen-bond donors (Lipinski definition) is 1. The smallest absolute Gasteiger partial charge is 0.245 e. The number of nitrogens with one attached hydrogen (secondary N) is 1. The lowest BCUT2D eigenvalue weighted by molar-refractivity contribution is -0.134. The van der Waals surface area contributed by atoms with Gasteiger partial charge in [0.25, 0.3) is 0 Å². The summed E-state index contributed by atoms with van der Waals surface area (Å²) in [6.07, 6.45) is 6.79. The van der Waals surface area contributed by atoms with Crippen LogP contribution in [-0.4, -0.2) is 105 Å². The number of benzene rings is 1. The number of piperidine rings is 2. The van der Waals surface area contributed by atoms with Crippen molar-refractivity contribution < 1.29 is 9.59 Å². The van der Waals surface area contributed by atoms with Gasteiger partial charge in [-0.05, 0) is 64.5 Å². The van der Waals surface area contributed by atoms with Crippen molar-refractivity contribution in [1.29, 1.82) is 0 Å². The van der Waals surface area contributed by atoms with Crippen LogP contribution in [0.25, 0.3) is 22.0 Å². The Kier molecular flexibility index (Phi) is 8.45. The van der Waals surface area contributed by atoms with Gasteiger partial charge in [-0.25, -0.2) is 0 Å². The van der Waals surface area contributed by atoms with Crippen LogP contribution in [0.1, 0.15) is 51.3 Å². The third kappa shape index (κ3) is 5.61. The average molecular weight is 642 g/mol. The van der Waals surface area contributed by atoms with Crippen LogP contribution >= 0.6 is 23.2 Å². The summed E-state index contributed by atoms with van der Waals surface area (Å²) in [6.45, 7) is 15.6. The molecule has 0 saturated carbocycles. The van der Waals surface area contributed by atoms with Crippen molar-refractivity contribution in [2.45, 2.75) is 58.0 Å². The molecule has 0 radical (unpaired) electrons. The second-order valence-electron chi connectivity index (χ2n) is 13.2. The van der Waals surface area contributed by atoms with E-state index in [9.17, 15) is 9.59 Å². The molecule has 0 bridgehead atoms. The van der Waals surface area contributed by atoms with E-state index in [1.54, 1.807) is 0 Å². The quantitative estimate of drug-likeness (QED) is 0.374. The Bertz CT molecular complexity index is 1590. The van der Waals surface area contributed by atoms with Crippen LogP contribution in [0, 0.1) is 12.8 Å².